The Labute approximate surface area is 278 Å². The Bertz CT molecular complexity index is 808. The number of quaternary nitrogens is 2. The van der Waals surface area contributed by atoms with Gasteiger partial charge in [0, 0.05) is 12.5 Å². The first-order valence-corrected chi connectivity index (χ1v) is 21.2. The highest BCUT2D eigenvalue weighted by Gasteiger charge is 2.48. The maximum atomic E-state index is 11.1. The van der Waals surface area contributed by atoms with Crippen molar-refractivity contribution in [1.29, 1.82) is 0 Å². The summed E-state index contributed by atoms with van der Waals surface area (Å²) in [4.78, 5) is 0. The number of nitrogens with zero attached hydrogens (tertiary/aromatic N) is 2. The molecule has 0 spiro atoms. The molecule has 44 heavy (non-hydrogen) atoms. The standard InChI is InChI=1S/C32H67N2O7SSi.ClH/c1-4-5-6-7-8-9-10-11-12-13-14-15-16-17-18-19-21-33(2,3)22-20-29-43-39-26-23-34(24-27-40-43,25-28-41-43)30-32(35)31-42(36,37)38;/h32,35H,4-31H2,1-3H3;1H/q+1;/p-1. The molecule has 0 aromatic heterocycles. The van der Waals surface area contributed by atoms with E-state index in [0.29, 0.717) is 43.9 Å². The molecule has 3 saturated heterocycles. The topological polar surface area (TPSA) is 105 Å². The van der Waals surface area contributed by atoms with Crippen LogP contribution in [0.1, 0.15) is 116 Å². The smallest absolute Gasteiger partial charge is 0.501 e. The quantitative estimate of drug-likeness (QED) is 0.0681. The molecule has 264 valence electrons. The molecule has 0 saturated carbocycles. The van der Waals surface area contributed by atoms with E-state index in [1.807, 2.05) is 0 Å². The van der Waals surface area contributed by atoms with Gasteiger partial charge < -0.3 is 44.3 Å². The first kappa shape index (κ1) is 42.2. The second kappa shape index (κ2) is 22.7. The Morgan fingerprint density at radius 2 is 1.11 bits per heavy atom. The van der Waals surface area contributed by atoms with Gasteiger partial charge in [-0.25, -0.2) is 8.42 Å². The molecule has 3 heterocycles. The van der Waals surface area contributed by atoms with Crippen LogP contribution in [0.2, 0.25) is 6.04 Å². The summed E-state index contributed by atoms with van der Waals surface area (Å²) in [5.41, 5.74) is 0. The van der Waals surface area contributed by atoms with Crippen LogP contribution in [-0.4, -0.2) is 121 Å². The van der Waals surface area contributed by atoms with Gasteiger partial charge in [-0.1, -0.05) is 96.8 Å². The fourth-order valence-corrected chi connectivity index (χ4v) is 9.85. The van der Waals surface area contributed by atoms with Crippen molar-refractivity contribution in [2.24, 2.45) is 0 Å². The second-order valence-corrected chi connectivity index (χ2v) is 18.3. The highest BCUT2D eigenvalue weighted by molar-refractivity contribution is 7.85. The third-order valence-electron chi connectivity index (χ3n) is 9.52. The van der Waals surface area contributed by atoms with Crippen molar-refractivity contribution in [3.05, 3.63) is 0 Å². The highest BCUT2D eigenvalue weighted by Crippen LogP contribution is 2.26. The number of fused-ring (bicyclic) bond motifs is 6. The molecule has 0 aromatic rings. The zero-order valence-electron chi connectivity index (χ0n) is 28.5. The average molecular weight is 688 g/mol. The van der Waals surface area contributed by atoms with E-state index in [2.05, 4.69) is 21.0 Å². The van der Waals surface area contributed by atoms with Crippen LogP contribution in [0.5, 0.6) is 0 Å². The van der Waals surface area contributed by atoms with Crippen molar-refractivity contribution in [3.63, 3.8) is 0 Å². The van der Waals surface area contributed by atoms with Gasteiger partial charge in [0.05, 0.1) is 62.9 Å². The summed E-state index contributed by atoms with van der Waals surface area (Å²) in [6.07, 6.45) is 22.1. The summed E-state index contributed by atoms with van der Waals surface area (Å²) >= 11 is 0. The second-order valence-electron chi connectivity index (χ2n) is 14.1. The summed E-state index contributed by atoms with van der Waals surface area (Å²) in [7, 11) is -2.57. The summed E-state index contributed by atoms with van der Waals surface area (Å²) in [6.45, 7) is 8.11. The zero-order valence-corrected chi connectivity index (χ0v) is 31.0. The monoisotopic (exact) mass is 686 g/mol. The van der Waals surface area contributed by atoms with Gasteiger partial charge in [-0.05, 0) is 12.8 Å². The first-order chi connectivity index (χ1) is 20.5. The Balaban J connectivity index is 0.00000968. The molecule has 0 radical (unpaired) electrons. The normalized spacial score (nSPS) is 23.5. The van der Waals surface area contributed by atoms with Crippen LogP contribution < -0.4 is 12.4 Å². The van der Waals surface area contributed by atoms with E-state index in [9.17, 15) is 18.1 Å². The predicted molar refractivity (Wildman–Crippen MR) is 175 cm³/mol. The Morgan fingerprint density at radius 3 is 1.52 bits per heavy atom. The van der Waals surface area contributed by atoms with Crippen LogP contribution in [0.4, 0.5) is 0 Å². The Kier molecular flexibility index (Phi) is 21.8. The summed E-state index contributed by atoms with van der Waals surface area (Å²) in [6, 6.07) is 0.810. The van der Waals surface area contributed by atoms with Crippen LogP contribution in [0.25, 0.3) is 0 Å². The summed E-state index contributed by atoms with van der Waals surface area (Å²) < 4.78 is 53.5. The predicted octanol–water partition coefficient (Wildman–Crippen LogP) is 2.46. The molecule has 3 fully saturated rings. The van der Waals surface area contributed by atoms with Gasteiger partial charge in [0.15, 0.2) is 0 Å². The Hall–Kier alpha value is 0.177. The number of rotatable bonds is 25. The molecule has 1 unspecified atom stereocenters. The molecular weight excluding hydrogens is 620 g/mol. The molecule has 1 atom stereocenters. The lowest BCUT2D eigenvalue weighted by molar-refractivity contribution is -0.932. The minimum absolute atomic E-state index is 0. The molecular formula is C32H67ClN2O7SSi. The molecule has 9 nitrogen and oxygen atoms in total. The van der Waals surface area contributed by atoms with Crippen LogP contribution in [0.3, 0.4) is 0 Å². The lowest BCUT2D eigenvalue weighted by atomic mass is 10.0. The maximum absolute atomic E-state index is 11.1. The van der Waals surface area contributed by atoms with E-state index in [1.54, 1.807) is 0 Å². The van der Waals surface area contributed by atoms with Crippen LogP contribution >= 0.6 is 0 Å². The molecule has 3 aliphatic heterocycles. The maximum Gasteiger partial charge on any atom is 0.501 e. The van der Waals surface area contributed by atoms with E-state index >= 15 is 0 Å². The molecule has 2 bridgehead atoms. The van der Waals surface area contributed by atoms with Crippen molar-refractivity contribution in [2.45, 2.75) is 128 Å². The fraction of sp³-hybridized carbons (Fsp3) is 1.00. The van der Waals surface area contributed by atoms with Crippen molar-refractivity contribution < 1.29 is 52.7 Å². The molecule has 12 heteroatoms. The SMILES string of the molecule is CCCCCCCCCCCCCCCCCC[N+](C)(C)CCC[Si]12OCC[N+](CC(O)CS(=O)(=O)[O-])(CCO1)CCO2.[Cl-]. The Morgan fingerprint density at radius 1 is 0.727 bits per heavy atom. The van der Waals surface area contributed by atoms with Gasteiger partial charge in [-0.3, -0.25) is 0 Å². The van der Waals surface area contributed by atoms with Crippen molar-refractivity contribution >= 4 is 18.9 Å². The first-order valence-electron chi connectivity index (χ1n) is 17.7. The van der Waals surface area contributed by atoms with Crippen molar-refractivity contribution in [1.82, 2.24) is 0 Å². The van der Waals surface area contributed by atoms with Crippen LogP contribution in [0, 0.1) is 0 Å². The minimum atomic E-state index is -4.47. The molecule has 0 aromatic carbocycles. The van der Waals surface area contributed by atoms with E-state index in [-0.39, 0.29) is 19.0 Å². The summed E-state index contributed by atoms with van der Waals surface area (Å²) in [5, 5.41) is 10.2. The summed E-state index contributed by atoms with van der Waals surface area (Å²) in [5.74, 6) is -0.762. The van der Waals surface area contributed by atoms with Crippen LogP contribution in [0.15, 0.2) is 0 Å². The number of aliphatic hydroxyl groups excluding tert-OH is 1. The average Bonchev–Trinajstić information content (AvgIpc) is 2.89. The molecule has 0 aliphatic carbocycles. The number of halogens is 1. The van der Waals surface area contributed by atoms with Gasteiger partial charge in [-0.15, -0.1) is 0 Å². The molecule has 0 amide bonds. The lowest BCUT2D eigenvalue weighted by Gasteiger charge is -2.46. The molecule has 1 N–H and O–H groups in total. The number of aliphatic hydroxyl groups is 1. The number of unbranched alkanes of at least 4 members (excludes halogenated alkanes) is 15. The third-order valence-corrected chi connectivity index (χ3v) is 13.2. The third kappa shape index (κ3) is 19.1. The minimum Gasteiger partial charge on any atom is -1.00 e. The van der Waals surface area contributed by atoms with Crippen molar-refractivity contribution in [2.75, 3.05) is 78.9 Å². The van der Waals surface area contributed by atoms with Gasteiger partial charge in [0.25, 0.3) is 0 Å². The number of hydrogen-bond acceptors (Lipinski definition) is 7. The van der Waals surface area contributed by atoms with Crippen molar-refractivity contribution in [3.8, 4) is 0 Å². The largest absolute Gasteiger partial charge is 1.00 e. The van der Waals surface area contributed by atoms with Gasteiger partial charge >= 0.3 is 8.80 Å². The lowest BCUT2D eigenvalue weighted by Crippen LogP contribution is -3.00. The van der Waals surface area contributed by atoms with Gasteiger partial charge in [0.2, 0.25) is 0 Å². The van der Waals surface area contributed by atoms with E-state index < -0.39 is 30.8 Å². The van der Waals surface area contributed by atoms with E-state index in [1.165, 1.54) is 109 Å². The van der Waals surface area contributed by atoms with E-state index in [0.717, 1.165) is 23.5 Å². The van der Waals surface area contributed by atoms with Gasteiger partial charge in [0.1, 0.15) is 32.3 Å². The van der Waals surface area contributed by atoms with Crippen LogP contribution in [-0.2, 0) is 23.4 Å². The van der Waals surface area contributed by atoms with E-state index in [4.69, 9.17) is 13.3 Å². The molecule has 3 aliphatic rings. The van der Waals surface area contributed by atoms with Gasteiger partial charge in [-0.2, -0.15) is 0 Å². The highest BCUT2D eigenvalue weighted by atomic mass is 35.5. The fourth-order valence-electron chi connectivity index (χ4n) is 6.79. The molecule has 3 rings (SSSR count). The number of hydrogen-bond donors (Lipinski definition) is 1. The zero-order chi connectivity index (χ0) is 31.5.